The van der Waals surface area contributed by atoms with Crippen molar-refractivity contribution in [3.8, 4) is 12.3 Å². The van der Waals surface area contributed by atoms with Crippen molar-refractivity contribution in [2.24, 2.45) is 7.05 Å². The van der Waals surface area contributed by atoms with Crippen LogP contribution in [0, 0.1) is 12.3 Å². The van der Waals surface area contributed by atoms with Crippen molar-refractivity contribution in [2.75, 3.05) is 0 Å². The Kier molecular flexibility index (Phi) is 3.29. The smallest absolute Gasteiger partial charge is 0.269 e. The number of imidazole rings is 1. The minimum atomic E-state index is -0.146. The predicted molar refractivity (Wildman–Crippen MR) is 53.6 cm³/mol. The van der Waals surface area contributed by atoms with Crippen LogP contribution >= 0.6 is 0 Å². The van der Waals surface area contributed by atoms with Gasteiger partial charge >= 0.3 is 0 Å². The summed E-state index contributed by atoms with van der Waals surface area (Å²) in [5, 5.41) is 2.78. The van der Waals surface area contributed by atoms with Crippen LogP contribution in [-0.4, -0.2) is 21.5 Å². The van der Waals surface area contributed by atoms with E-state index in [0.717, 1.165) is 0 Å². The van der Waals surface area contributed by atoms with Crippen LogP contribution < -0.4 is 5.32 Å². The number of hydrogen-bond donors (Lipinski definition) is 1. The molecule has 14 heavy (non-hydrogen) atoms. The van der Waals surface area contributed by atoms with E-state index in [0.29, 0.717) is 12.1 Å². The molecule has 1 N–H and O–H groups in total. The summed E-state index contributed by atoms with van der Waals surface area (Å²) in [6.45, 7) is 1.87. The first-order valence-corrected chi connectivity index (χ1v) is 4.35. The Morgan fingerprint density at radius 1 is 1.86 bits per heavy atom. The maximum Gasteiger partial charge on any atom is 0.269 e. The minimum absolute atomic E-state index is 0.0117. The molecule has 0 fully saturated rings. The van der Waals surface area contributed by atoms with Gasteiger partial charge in [-0.3, -0.25) is 4.79 Å². The van der Waals surface area contributed by atoms with Crippen molar-refractivity contribution < 1.29 is 4.79 Å². The van der Waals surface area contributed by atoms with Gasteiger partial charge in [-0.05, 0) is 6.92 Å². The zero-order valence-electron chi connectivity index (χ0n) is 8.32. The van der Waals surface area contributed by atoms with Gasteiger partial charge in [0, 0.05) is 19.5 Å². The summed E-state index contributed by atoms with van der Waals surface area (Å²) < 4.78 is 1.66. The molecule has 0 radical (unpaired) electrons. The van der Waals surface area contributed by atoms with Gasteiger partial charge < -0.3 is 9.88 Å². The molecule has 0 saturated carbocycles. The van der Waals surface area contributed by atoms with Crippen LogP contribution in [0.15, 0.2) is 12.5 Å². The Hall–Kier alpha value is -1.76. The lowest BCUT2D eigenvalue weighted by atomic mass is 10.2. The molecule has 1 atom stereocenters. The second-order valence-corrected chi connectivity index (χ2v) is 3.17. The standard InChI is InChI=1S/C10H13N3O/c1-4-5-8(2)12-10(14)9-6-11-7-13(9)3/h1,6-8H,5H2,2-3H3,(H,12,14). The van der Waals surface area contributed by atoms with Crippen molar-refractivity contribution in [2.45, 2.75) is 19.4 Å². The molecule has 1 unspecified atom stereocenters. The van der Waals surface area contributed by atoms with Crippen molar-refractivity contribution in [3.05, 3.63) is 18.2 Å². The monoisotopic (exact) mass is 191 g/mol. The lowest BCUT2D eigenvalue weighted by molar-refractivity contribution is 0.0932. The number of aromatic nitrogens is 2. The van der Waals surface area contributed by atoms with E-state index in [1.54, 1.807) is 17.9 Å². The van der Waals surface area contributed by atoms with E-state index in [1.165, 1.54) is 6.20 Å². The van der Waals surface area contributed by atoms with Crippen molar-refractivity contribution in [3.63, 3.8) is 0 Å². The number of hydrogen-bond acceptors (Lipinski definition) is 2. The summed E-state index contributed by atoms with van der Waals surface area (Å²) in [5.41, 5.74) is 0.536. The third-order valence-corrected chi connectivity index (χ3v) is 1.85. The lowest BCUT2D eigenvalue weighted by Gasteiger charge is -2.10. The van der Waals surface area contributed by atoms with Crippen LogP contribution in [-0.2, 0) is 7.05 Å². The number of aryl methyl sites for hydroxylation is 1. The van der Waals surface area contributed by atoms with Crippen LogP contribution in [0.25, 0.3) is 0 Å². The number of nitrogens with zero attached hydrogens (tertiary/aromatic N) is 2. The largest absolute Gasteiger partial charge is 0.347 e. The number of amides is 1. The van der Waals surface area contributed by atoms with E-state index >= 15 is 0 Å². The van der Waals surface area contributed by atoms with Crippen molar-refractivity contribution in [1.82, 2.24) is 14.9 Å². The topological polar surface area (TPSA) is 46.9 Å². The Morgan fingerprint density at radius 2 is 2.57 bits per heavy atom. The van der Waals surface area contributed by atoms with E-state index in [1.807, 2.05) is 6.92 Å². The molecule has 0 spiro atoms. The summed E-state index contributed by atoms with van der Waals surface area (Å²) in [6, 6.07) is -0.0117. The molecule has 4 nitrogen and oxygen atoms in total. The second kappa shape index (κ2) is 4.47. The van der Waals surface area contributed by atoms with E-state index in [2.05, 4.69) is 16.2 Å². The number of rotatable bonds is 3. The van der Waals surface area contributed by atoms with Gasteiger partial charge in [-0.25, -0.2) is 4.98 Å². The summed E-state index contributed by atoms with van der Waals surface area (Å²) in [6.07, 6.45) is 8.78. The Balaban J connectivity index is 2.60. The van der Waals surface area contributed by atoms with Crippen LogP contribution in [0.3, 0.4) is 0 Å². The van der Waals surface area contributed by atoms with Crippen LogP contribution in [0.4, 0.5) is 0 Å². The first kappa shape index (κ1) is 10.3. The molecule has 0 aromatic carbocycles. The van der Waals surface area contributed by atoms with Gasteiger partial charge in [-0.15, -0.1) is 12.3 Å². The van der Waals surface area contributed by atoms with Gasteiger partial charge in [0.1, 0.15) is 5.69 Å². The SMILES string of the molecule is C#CCC(C)NC(=O)c1cncn1C. The Morgan fingerprint density at radius 3 is 3.07 bits per heavy atom. The molecule has 0 aliphatic heterocycles. The molecular weight excluding hydrogens is 178 g/mol. The van der Waals surface area contributed by atoms with E-state index in [-0.39, 0.29) is 11.9 Å². The quantitative estimate of drug-likeness (QED) is 0.710. The summed E-state index contributed by atoms with van der Waals surface area (Å²) in [5.74, 6) is 2.35. The van der Waals surface area contributed by atoms with Crippen molar-refractivity contribution in [1.29, 1.82) is 0 Å². The van der Waals surface area contributed by atoms with E-state index in [9.17, 15) is 4.79 Å². The fourth-order valence-corrected chi connectivity index (χ4v) is 1.10. The molecular formula is C10H13N3O. The molecule has 0 aliphatic carbocycles. The molecule has 1 aromatic heterocycles. The number of carbonyl (C=O) groups excluding carboxylic acids is 1. The maximum atomic E-state index is 11.6. The van der Waals surface area contributed by atoms with Gasteiger partial charge in [0.05, 0.1) is 12.5 Å². The highest BCUT2D eigenvalue weighted by molar-refractivity contribution is 5.92. The lowest BCUT2D eigenvalue weighted by Crippen LogP contribution is -2.33. The third-order valence-electron chi connectivity index (χ3n) is 1.85. The number of nitrogens with one attached hydrogen (secondary N) is 1. The van der Waals surface area contributed by atoms with E-state index < -0.39 is 0 Å². The number of carbonyl (C=O) groups is 1. The zero-order chi connectivity index (χ0) is 10.6. The third kappa shape index (κ3) is 2.36. The summed E-state index contributed by atoms with van der Waals surface area (Å²) >= 11 is 0. The molecule has 1 heterocycles. The highest BCUT2D eigenvalue weighted by atomic mass is 16.2. The fraction of sp³-hybridized carbons (Fsp3) is 0.400. The average Bonchev–Trinajstić information content (AvgIpc) is 2.51. The molecule has 1 rings (SSSR count). The Labute approximate surface area is 83.3 Å². The molecule has 0 aliphatic rings. The highest BCUT2D eigenvalue weighted by Gasteiger charge is 2.11. The summed E-state index contributed by atoms with van der Waals surface area (Å²) in [7, 11) is 1.77. The molecule has 4 heteroatoms. The van der Waals surface area contributed by atoms with Crippen molar-refractivity contribution >= 4 is 5.91 Å². The molecule has 0 bridgehead atoms. The summed E-state index contributed by atoms with van der Waals surface area (Å²) in [4.78, 5) is 15.4. The molecule has 1 aromatic rings. The van der Waals surface area contributed by atoms with Crippen LogP contribution in [0.5, 0.6) is 0 Å². The average molecular weight is 191 g/mol. The van der Waals surface area contributed by atoms with Gasteiger partial charge in [0.2, 0.25) is 0 Å². The first-order chi connectivity index (χ1) is 6.65. The minimum Gasteiger partial charge on any atom is -0.347 e. The Bertz CT molecular complexity index is 362. The molecule has 0 saturated heterocycles. The predicted octanol–water partition coefficient (Wildman–Crippen LogP) is 0.562. The van der Waals surface area contributed by atoms with Crippen LogP contribution in [0.1, 0.15) is 23.8 Å². The van der Waals surface area contributed by atoms with Gasteiger partial charge in [0.15, 0.2) is 0 Å². The highest BCUT2D eigenvalue weighted by Crippen LogP contribution is 1.97. The second-order valence-electron chi connectivity index (χ2n) is 3.17. The molecule has 1 amide bonds. The van der Waals surface area contributed by atoms with Gasteiger partial charge in [-0.1, -0.05) is 0 Å². The maximum absolute atomic E-state index is 11.6. The molecule has 74 valence electrons. The fourth-order valence-electron chi connectivity index (χ4n) is 1.10. The normalized spacial score (nSPS) is 11.8. The van der Waals surface area contributed by atoms with Gasteiger partial charge in [0.25, 0.3) is 5.91 Å². The zero-order valence-corrected chi connectivity index (χ0v) is 8.32. The van der Waals surface area contributed by atoms with Crippen LogP contribution in [0.2, 0.25) is 0 Å². The number of terminal acetylenes is 1. The van der Waals surface area contributed by atoms with E-state index in [4.69, 9.17) is 6.42 Å². The van der Waals surface area contributed by atoms with Gasteiger partial charge in [-0.2, -0.15) is 0 Å². The first-order valence-electron chi connectivity index (χ1n) is 4.35.